The Kier molecular flexibility index (Phi) is 3.51. The van der Waals surface area contributed by atoms with Gasteiger partial charge in [0.05, 0.1) is 5.69 Å². The zero-order valence-electron chi connectivity index (χ0n) is 12.8. The highest BCUT2D eigenvalue weighted by molar-refractivity contribution is 5.95. The van der Waals surface area contributed by atoms with Crippen LogP contribution in [0.25, 0.3) is 0 Å². The molecule has 0 bridgehead atoms. The van der Waals surface area contributed by atoms with Crippen molar-refractivity contribution >= 4 is 5.91 Å². The van der Waals surface area contributed by atoms with Crippen LogP contribution in [0.3, 0.4) is 0 Å². The molecule has 3 heterocycles. The summed E-state index contributed by atoms with van der Waals surface area (Å²) in [6, 6.07) is -0.0398. The lowest BCUT2D eigenvalue weighted by atomic mass is 10.1. The molecule has 0 fully saturated rings. The van der Waals surface area contributed by atoms with Crippen LogP contribution < -0.4 is 10.9 Å². The molecule has 0 aromatic carbocycles. The summed E-state index contributed by atoms with van der Waals surface area (Å²) >= 11 is 0. The highest BCUT2D eigenvalue weighted by Gasteiger charge is 2.25. The van der Waals surface area contributed by atoms with Crippen LogP contribution >= 0.6 is 0 Å². The molecule has 0 saturated carbocycles. The molecule has 0 saturated heterocycles. The van der Waals surface area contributed by atoms with Gasteiger partial charge in [-0.05, 0) is 32.8 Å². The number of aromatic amines is 1. The second kappa shape index (κ2) is 5.36. The van der Waals surface area contributed by atoms with Crippen LogP contribution in [0.15, 0.2) is 4.79 Å². The maximum absolute atomic E-state index is 12.4. The van der Waals surface area contributed by atoms with Crippen molar-refractivity contribution in [1.82, 2.24) is 30.3 Å². The van der Waals surface area contributed by atoms with E-state index in [1.807, 2.05) is 11.5 Å². The molecular formula is C14H18N6O2. The van der Waals surface area contributed by atoms with E-state index in [0.717, 1.165) is 24.5 Å². The molecule has 0 radical (unpaired) electrons. The monoisotopic (exact) mass is 302 g/mol. The topological polar surface area (TPSA) is 106 Å². The summed E-state index contributed by atoms with van der Waals surface area (Å²) in [6.45, 7) is 6.01. The van der Waals surface area contributed by atoms with Crippen molar-refractivity contribution in [2.75, 3.05) is 0 Å². The second-order valence-electron chi connectivity index (χ2n) is 5.62. The van der Waals surface area contributed by atoms with Crippen LogP contribution in [0, 0.1) is 20.8 Å². The van der Waals surface area contributed by atoms with Crippen LogP contribution in [-0.4, -0.2) is 36.9 Å². The Labute approximate surface area is 127 Å². The number of aromatic nitrogens is 5. The third kappa shape index (κ3) is 2.40. The van der Waals surface area contributed by atoms with Gasteiger partial charge >= 0.3 is 0 Å². The fourth-order valence-electron chi connectivity index (χ4n) is 2.74. The summed E-state index contributed by atoms with van der Waals surface area (Å²) in [4.78, 5) is 24.3. The van der Waals surface area contributed by atoms with Gasteiger partial charge in [0.1, 0.15) is 17.2 Å². The van der Waals surface area contributed by atoms with Crippen molar-refractivity contribution in [3.05, 3.63) is 38.8 Å². The minimum atomic E-state index is -0.461. The van der Waals surface area contributed by atoms with Crippen LogP contribution in [0.4, 0.5) is 0 Å². The lowest BCUT2D eigenvalue weighted by molar-refractivity contribution is 0.0924. The van der Waals surface area contributed by atoms with E-state index < -0.39 is 5.56 Å². The molecule has 2 aromatic heterocycles. The Balaban J connectivity index is 1.80. The van der Waals surface area contributed by atoms with Crippen molar-refractivity contribution in [2.45, 2.75) is 46.2 Å². The Morgan fingerprint density at radius 1 is 1.32 bits per heavy atom. The largest absolute Gasteiger partial charge is 0.347 e. The molecular weight excluding hydrogens is 284 g/mol. The molecule has 0 unspecified atom stereocenters. The molecule has 1 amide bonds. The molecule has 116 valence electrons. The molecule has 3 rings (SSSR count). The summed E-state index contributed by atoms with van der Waals surface area (Å²) < 4.78 is 2.00. The molecule has 8 nitrogen and oxygen atoms in total. The Bertz CT molecular complexity index is 791. The third-order valence-corrected chi connectivity index (χ3v) is 4.16. The van der Waals surface area contributed by atoms with E-state index in [1.165, 1.54) is 0 Å². The SMILES string of the molecule is Cc1n[nH]c(=O)c(C(=O)N[C@H]2CCc3nnc(C)n3C2)c1C. The van der Waals surface area contributed by atoms with Crippen LogP contribution in [-0.2, 0) is 13.0 Å². The lowest BCUT2D eigenvalue weighted by Gasteiger charge is -2.25. The van der Waals surface area contributed by atoms with Gasteiger partial charge in [-0.1, -0.05) is 0 Å². The first-order valence-electron chi connectivity index (χ1n) is 7.22. The summed E-state index contributed by atoms with van der Waals surface area (Å²) in [5.74, 6) is 1.42. The van der Waals surface area contributed by atoms with E-state index in [1.54, 1.807) is 13.8 Å². The van der Waals surface area contributed by atoms with Gasteiger partial charge in [-0.3, -0.25) is 9.59 Å². The van der Waals surface area contributed by atoms with Gasteiger partial charge in [0, 0.05) is 19.0 Å². The Morgan fingerprint density at radius 2 is 2.09 bits per heavy atom. The van der Waals surface area contributed by atoms with Gasteiger partial charge in [0.25, 0.3) is 11.5 Å². The highest BCUT2D eigenvalue weighted by Crippen LogP contribution is 2.15. The average Bonchev–Trinajstić information content (AvgIpc) is 2.85. The molecule has 0 spiro atoms. The van der Waals surface area contributed by atoms with Crippen molar-refractivity contribution in [3.63, 3.8) is 0 Å². The average molecular weight is 302 g/mol. The maximum Gasteiger partial charge on any atom is 0.277 e. The number of H-pyrrole nitrogens is 1. The minimum absolute atomic E-state index is 0.0398. The Hall–Kier alpha value is -2.51. The summed E-state index contributed by atoms with van der Waals surface area (Å²) in [6.07, 6.45) is 1.54. The summed E-state index contributed by atoms with van der Waals surface area (Å²) in [7, 11) is 0. The first-order chi connectivity index (χ1) is 10.5. The predicted molar refractivity (Wildman–Crippen MR) is 78.7 cm³/mol. The molecule has 0 aliphatic carbocycles. The lowest BCUT2D eigenvalue weighted by Crippen LogP contribution is -2.43. The van der Waals surface area contributed by atoms with Crippen LogP contribution in [0.2, 0.25) is 0 Å². The molecule has 1 atom stereocenters. The number of rotatable bonds is 2. The quantitative estimate of drug-likeness (QED) is 0.814. The summed E-state index contributed by atoms with van der Waals surface area (Å²) in [5.41, 5.74) is 0.930. The molecule has 8 heteroatoms. The fourth-order valence-corrected chi connectivity index (χ4v) is 2.74. The molecule has 1 aliphatic heterocycles. The van der Waals surface area contributed by atoms with E-state index in [0.29, 0.717) is 17.8 Å². The first kappa shape index (κ1) is 14.4. The van der Waals surface area contributed by atoms with Crippen molar-refractivity contribution in [1.29, 1.82) is 0 Å². The number of carbonyl (C=O) groups is 1. The second-order valence-corrected chi connectivity index (χ2v) is 5.62. The van der Waals surface area contributed by atoms with Crippen LogP contribution in [0.5, 0.6) is 0 Å². The highest BCUT2D eigenvalue weighted by atomic mass is 16.2. The van der Waals surface area contributed by atoms with Gasteiger partial charge < -0.3 is 9.88 Å². The number of aryl methyl sites for hydroxylation is 3. The van der Waals surface area contributed by atoms with Gasteiger partial charge in [0.15, 0.2) is 0 Å². The number of nitrogens with zero attached hydrogens (tertiary/aromatic N) is 4. The number of fused-ring (bicyclic) bond motifs is 1. The van der Waals surface area contributed by atoms with E-state index in [9.17, 15) is 9.59 Å². The zero-order chi connectivity index (χ0) is 15.9. The normalized spacial score (nSPS) is 17.1. The molecule has 2 N–H and O–H groups in total. The number of amides is 1. The fraction of sp³-hybridized carbons (Fsp3) is 0.500. The molecule has 22 heavy (non-hydrogen) atoms. The number of hydrogen-bond donors (Lipinski definition) is 2. The summed E-state index contributed by atoms with van der Waals surface area (Å²) in [5, 5.41) is 17.3. The van der Waals surface area contributed by atoms with E-state index in [2.05, 4.69) is 25.7 Å². The molecule has 1 aliphatic rings. The van der Waals surface area contributed by atoms with Crippen molar-refractivity contribution in [3.8, 4) is 0 Å². The standard InChI is InChI=1S/C14H18N6O2/c1-7-8(2)16-19-14(22)12(7)13(21)15-10-4-5-11-18-17-9(3)20(11)6-10/h10H,4-6H2,1-3H3,(H,15,21)(H,19,22)/t10-/m0/s1. The van der Waals surface area contributed by atoms with Gasteiger partial charge in [-0.25, -0.2) is 5.10 Å². The third-order valence-electron chi connectivity index (χ3n) is 4.16. The number of nitrogens with one attached hydrogen (secondary N) is 2. The first-order valence-corrected chi connectivity index (χ1v) is 7.22. The Morgan fingerprint density at radius 3 is 2.86 bits per heavy atom. The van der Waals surface area contributed by atoms with Crippen molar-refractivity contribution in [2.24, 2.45) is 0 Å². The van der Waals surface area contributed by atoms with E-state index in [-0.39, 0.29) is 17.5 Å². The predicted octanol–water partition coefficient (Wildman–Crippen LogP) is 0.0315. The number of hydrogen-bond acceptors (Lipinski definition) is 5. The van der Waals surface area contributed by atoms with Crippen LogP contribution in [0.1, 0.15) is 39.7 Å². The van der Waals surface area contributed by atoms with Gasteiger partial charge in [0.2, 0.25) is 0 Å². The molecule has 2 aromatic rings. The number of carbonyl (C=O) groups excluding carboxylic acids is 1. The van der Waals surface area contributed by atoms with E-state index in [4.69, 9.17) is 0 Å². The maximum atomic E-state index is 12.4. The minimum Gasteiger partial charge on any atom is -0.347 e. The van der Waals surface area contributed by atoms with Gasteiger partial charge in [-0.15, -0.1) is 10.2 Å². The van der Waals surface area contributed by atoms with Crippen molar-refractivity contribution < 1.29 is 4.79 Å². The van der Waals surface area contributed by atoms with E-state index >= 15 is 0 Å². The zero-order valence-corrected chi connectivity index (χ0v) is 12.8. The smallest absolute Gasteiger partial charge is 0.277 e. The van der Waals surface area contributed by atoms with Gasteiger partial charge in [-0.2, -0.15) is 5.10 Å².